The molecule has 0 saturated heterocycles. The zero-order chi connectivity index (χ0) is 17.7. The topological polar surface area (TPSA) is 76.4 Å². The minimum Gasteiger partial charge on any atom is -0.497 e. The van der Waals surface area contributed by atoms with E-state index in [2.05, 4.69) is 10.4 Å². The van der Waals surface area contributed by atoms with Crippen LogP contribution in [-0.2, 0) is 0 Å². The molecule has 6 nitrogen and oxygen atoms in total. The van der Waals surface area contributed by atoms with Crippen LogP contribution in [-0.4, -0.2) is 40.0 Å². The predicted molar refractivity (Wildman–Crippen MR) is 92.7 cm³/mol. The van der Waals surface area contributed by atoms with E-state index in [1.807, 2.05) is 45.0 Å². The fourth-order valence-corrected chi connectivity index (χ4v) is 2.41. The fourth-order valence-electron chi connectivity index (χ4n) is 2.41. The number of aromatic nitrogens is 2. The van der Waals surface area contributed by atoms with Gasteiger partial charge in [0.05, 0.1) is 18.4 Å². The smallest absolute Gasteiger partial charge is 0.271 e. The second-order valence-electron chi connectivity index (χ2n) is 5.89. The Bertz CT molecular complexity index is 688. The average molecular weight is 331 g/mol. The molecule has 1 amide bonds. The summed E-state index contributed by atoms with van der Waals surface area (Å²) in [6, 6.07) is 9.19. The molecular formula is C18H25N3O3. The van der Waals surface area contributed by atoms with E-state index < -0.39 is 5.60 Å². The lowest BCUT2D eigenvalue weighted by molar-refractivity contribution is 0.0313. The van der Waals surface area contributed by atoms with E-state index in [0.29, 0.717) is 18.5 Å². The molecule has 0 saturated carbocycles. The Labute approximate surface area is 142 Å². The van der Waals surface area contributed by atoms with Gasteiger partial charge in [-0.05, 0) is 50.1 Å². The van der Waals surface area contributed by atoms with Crippen molar-refractivity contribution in [1.82, 2.24) is 15.1 Å². The molecule has 24 heavy (non-hydrogen) atoms. The molecule has 6 heteroatoms. The lowest BCUT2D eigenvalue weighted by Crippen LogP contribution is -2.42. The summed E-state index contributed by atoms with van der Waals surface area (Å²) in [4.78, 5) is 12.3. The van der Waals surface area contributed by atoms with Gasteiger partial charge in [-0.25, -0.2) is 4.68 Å². The van der Waals surface area contributed by atoms with Crippen molar-refractivity contribution in [3.8, 4) is 11.4 Å². The Balaban J connectivity index is 2.14. The highest BCUT2D eigenvalue weighted by Crippen LogP contribution is 2.17. The van der Waals surface area contributed by atoms with Crippen LogP contribution in [0.1, 0.15) is 42.9 Å². The van der Waals surface area contributed by atoms with Gasteiger partial charge in [-0.2, -0.15) is 5.10 Å². The number of aryl methyl sites for hydroxylation is 1. The van der Waals surface area contributed by atoms with Gasteiger partial charge in [0.25, 0.3) is 5.91 Å². The summed E-state index contributed by atoms with van der Waals surface area (Å²) in [6.07, 6.45) is 1.17. The summed E-state index contributed by atoms with van der Waals surface area (Å²) in [5.74, 6) is 0.477. The van der Waals surface area contributed by atoms with E-state index in [9.17, 15) is 9.90 Å². The molecule has 0 aliphatic rings. The SMILES string of the molecule is CCC(O)(CC)CNC(=O)c1cc(C)n(-c2ccc(OC)cc2)n1. The van der Waals surface area contributed by atoms with Gasteiger partial charge in [0.2, 0.25) is 0 Å². The molecular weight excluding hydrogens is 306 g/mol. The molecule has 0 aliphatic heterocycles. The van der Waals surface area contributed by atoms with E-state index in [1.54, 1.807) is 17.9 Å². The van der Waals surface area contributed by atoms with Crippen molar-refractivity contribution < 1.29 is 14.6 Å². The molecule has 2 aromatic rings. The van der Waals surface area contributed by atoms with E-state index in [4.69, 9.17) is 4.74 Å². The highest BCUT2D eigenvalue weighted by molar-refractivity contribution is 5.92. The highest BCUT2D eigenvalue weighted by Gasteiger charge is 2.24. The summed E-state index contributed by atoms with van der Waals surface area (Å²) in [5, 5.41) is 17.4. The third kappa shape index (κ3) is 3.94. The zero-order valence-corrected chi connectivity index (χ0v) is 14.7. The molecule has 0 radical (unpaired) electrons. The number of methoxy groups -OCH3 is 1. The van der Waals surface area contributed by atoms with E-state index in [1.165, 1.54) is 0 Å². The number of amides is 1. The summed E-state index contributed by atoms with van der Waals surface area (Å²) in [6.45, 7) is 5.91. The van der Waals surface area contributed by atoms with Gasteiger partial charge in [0.15, 0.2) is 5.69 Å². The summed E-state index contributed by atoms with van der Waals surface area (Å²) in [7, 11) is 1.62. The number of nitrogens with zero attached hydrogens (tertiary/aromatic N) is 2. The van der Waals surface area contributed by atoms with Gasteiger partial charge >= 0.3 is 0 Å². The number of rotatable bonds is 7. The van der Waals surface area contributed by atoms with Crippen molar-refractivity contribution >= 4 is 5.91 Å². The van der Waals surface area contributed by atoms with E-state index in [-0.39, 0.29) is 12.5 Å². The monoisotopic (exact) mass is 331 g/mol. The van der Waals surface area contributed by atoms with Crippen LogP contribution in [0.2, 0.25) is 0 Å². The van der Waals surface area contributed by atoms with Crippen LogP contribution in [0.5, 0.6) is 5.75 Å². The van der Waals surface area contributed by atoms with Crippen LogP contribution >= 0.6 is 0 Å². The first-order valence-electron chi connectivity index (χ1n) is 8.14. The lowest BCUT2D eigenvalue weighted by atomic mass is 9.97. The van der Waals surface area contributed by atoms with Gasteiger partial charge in [0, 0.05) is 12.2 Å². The maximum Gasteiger partial charge on any atom is 0.271 e. The quantitative estimate of drug-likeness (QED) is 0.817. The molecule has 1 heterocycles. The number of carbonyl (C=O) groups excluding carboxylic acids is 1. The number of aliphatic hydroxyl groups is 1. The van der Waals surface area contributed by atoms with E-state index >= 15 is 0 Å². The first kappa shape index (κ1) is 18.0. The Hall–Kier alpha value is -2.34. The third-order valence-corrected chi connectivity index (χ3v) is 4.33. The van der Waals surface area contributed by atoms with Gasteiger partial charge in [0.1, 0.15) is 5.75 Å². The van der Waals surface area contributed by atoms with Crippen LogP contribution < -0.4 is 10.1 Å². The molecule has 1 aromatic carbocycles. The molecule has 0 aliphatic carbocycles. The van der Waals surface area contributed by atoms with Gasteiger partial charge in [-0.3, -0.25) is 4.79 Å². The molecule has 0 spiro atoms. The lowest BCUT2D eigenvalue weighted by Gasteiger charge is -2.25. The summed E-state index contributed by atoms with van der Waals surface area (Å²) in [5.41, 5.74) is 1.17. The van der Waals surface area contributed by atoms with Crippen LogP contribution in [0.3, 0.4) is 0 Å². The van der Waals surface area contributed by atoms with Crippen LogP contribution in [0.15, 0.2) is 30.3 Å². The van der Waals surface area contributed by atoms with Crippen molar-refractivity contribution in [2.45, 2.75) is 39.2 Å². The number of hydrogen-bond acceptors (Lipinski definition) is 4. The normalized spacial score (nSPS) is 11.4. The Morgan fingerprint density at radius 2 is 1.92 bits per heavy atom. The van der Waals surface area contributed by atoms with Gasteiger partial charge in [-0.15, -0.1) is 0 Å². The van der Waals surface area contributed by atoms with Crippen molar-refractivity contribution in [3.63, 3.8) is 0 Å². The molecule has 2 rings (SSSR count). The standard InChI is InChI=1S/C18H25N3O3/c1-5-18(23,6-2)12-19-17(22)16-11-13(3)21(20-16)14-7-9-15(24-4)10-8-14/h7-11,23H,5-6,12H2,1-4H3,(H,19,22). The van der Waals surface area contributed by atoms with E-state index in [0.717, 1.165) is 17.1 Å². The van der Waals surface area contributed by atoms with Gasteiger partial charge in [-0.1, -0.05) is 13.8 Å². The number of hydrogen-bond donors (Lipinski definition) is 2. The Kier molecular flexibility index (Phi) is 5.62. The third-order valence-electron chi connectivity index (χ3n) is 4.33. The van der Waals surface area contributed by atoms with Crippen LogP contribution in [0.4, 0.5) is 0 Å². The van der Waals surface area contributed by atoms with Gasteiger partial charge < -0.3 is 15.2 Å². The maximum atomic E-state index is 12.3. The Morgan fingerprint density at radius 1 is 1.29 bits per heavy atom. The molecule has 1 aromatic heterocycles. The van der Waals surface area contributed by atoms with Crippen LogP contribution in [0, 0.1) is 6.92 Å². The van der Waals surface area contributed by atoms with Crippen molar-refractivity contribution in [2.75, 3.05) is 13.7 Å². The minimum atomic E-state index is -0.872. The van der Waals surface area contributed by atoms with Crippen LogP contribution in [0.25, 0.3) is 5.69 Å². The molecule has 130 valence electrons. The fraction of sp³-hybridized carbons (Fsp3) is 0.444. The van der Waals surface area contributed by atoms with Crippen molar-refractivity contribution in [1.29, 1.82) is 0 Å². The number of carbonyl (C=O) groups is 1. The zero-order valence-electron chi connectivity index (χ0n) is 14.7. The first-order chi connectivity index (χ1) is 11.4. The van der Waals surface area contributed by atoms with Crippen molar-refractivity contribution in [2.24, 2.45) is 0 Å². The second kappa shape index (κ2) is 7.49. The molecule has 0 bridgehead atoms. The highest BCUT2D eigenvalue weighted by atomic mass is 16.5. The summed E-state index contributed by atoms with van der Waals surface area (Å²) >= 11 is 0. The maximum absolute atomic E-state index is 12.3. The molecule has 2 N–H and O–H groups in total. The summed E-state index contributed by atoms with van der Waals surface area (Å²) < 4.78 is 6.85. The number of ether oxygens (including phenoxy) is 1. The number of nitrogens with one attached hydrogen (secondary N) is 1. The number of benzene rings is 1. The molecule has 0 fully saturated rings. The second-order valence-corrected chi connectivity index (χ2v) is 5.89. The molecule has 0 unspecified atom stereocenters. The average Bonchev–Trinajstić information content (AvgIpc) is 3.01. The Morgan fingerprint density at radius 3 is 2.46 bits per heavy atom. The minimum absolute atomic E-state index is 0.216. The largest absolute Gasteiger partial charge is 0.497 e. The predicted octanol–water partition coefficient (Wildman–Crippen LogP) is 2.47. The first-order valence-corrected chi connectivity index (χ1v) is 8.14. The van der Waals surface area contributed by atoms with Crippen molar-refractivity contribution in [3.05, 3.63) is 41.7 Å². The molecule has 0 atom stereocenters.